The molecule has 0 bridgehead atoms. The SMILES string of the molecule is CCCc1nc2ccc(Br)cc2c(=O)n1N=Cc1cc(OC)c(OCc2ccc(Br)cc2Br)c([N+](=O)[O-])c1. The molecule has 4 aromatic rings. The highest BCUT2D eigenvalue weighted by Gasteiger charge is 2.23. The number of benzene rings is 3. The number of halogens is 3. The zero-order valence-corrected chi connectivity index (χ0v) is 25.0. The summed E-state index contributed by atoms with van der Waals surface area (Å²) in [6.07, 6.45) is 2.65. The van der Waals surface area contributed by atoms with E-state index in [0.717, 1.165) is 25.4 Å². The Bertz CT molecular complexity index is 1620. The van der Waals surface area contributed by atoms with Crippen molar-refractivity contribution >= 4 is 70.6 Å². The zero-order chi connectivity index (χ0) is 27.4. The Balaban J connectivity index is 1.74. The normalized spacial score (nSPS) is 11.3. The molecule has 0 aliphatic heterocycles. The predicted molar refractivity (Wildman–Crippen MR) is 157 cm³/mol. The smallest absolute Gasteiger partial charge is 0.315 e. The van der Waals surface area contributed by atoms with Crippen molar-refractivity contribution in [1.29, 1.82) is 0 Å². The zero-order valence-electron chi connectivity index (χ0n) is 20.3. The Labute approximate surface area is 243 Å². The van der Waals surface area contributed by atoms with Crippen LogP contribution in [-0.2, 0) is 13.0 Å². The molecule has 0 atom stereocenters. The summed E-state index contributed by atoms with van der Waals surface area (Å²) >= 11 is 10.3. The number of methoxy groups -OCH3 is 1. The molecule has 9 nitrogen and oxygen atoms in total. The lowest BCUT2D eigenvalue weighted by atomic mass is 10.1. The van der Waals surface area contributed by atoms with Crippen molar-refractivity contribution in [3.8, 4) is 11.5 Å². The van der Waals surface area contributed by atoms with Crippen molar-refractivity contribution in [2.24, 2.45) is 5.10 Å². The van der Waals surface area contributed by atoms with Crippen molar-refractivity contribution in [3.05, 3.63) is 99.4 Å². The van der Waals surface area contributed by atoms with Crippen LogP contribution in [0.2, 0.25) is 0 Å². The molecule has 0 saturated heterocycles. The van der Waals surface area contributed by atoms with E-state index < -0.39 is 4.92 Å². The number of nitro benzene ring substituents is 1. The van der Waals surface area contributed by atoms with Gasteiger partial charge in [0.2, 0.25) is 5.75 Å². The standard InChI is InChI=1S/C26H21Br3N4O5/c1-3-4-24-31-21-8-7-17(27)11-19(21)26(34)32(24)30-13-15-9-22(33(35)36)25(23(10-15)37-2)38-14-16-5-6-18(28)12-20(16)29/h5-13H,3-4,14H2,1-2H3. The van der Waals surface area contributed by atoms with E-state index in [1.807, 2.05) is 31.2 Å². The summed E-state index contributed by atoms with van der Waals surface area (Å²) in [5, 5.41) is 16.7. The van der Waals surface area contributed by atoms with Gasteiger partial charge in [-0.15, -0.1) is 0 Å². The van der Waals surface area contributed by atoms with Gasteiger partial charge in [-0.1, -0.05) is 60.8 Å². The molecule has 0 N–H and O–H groups in total. The van der Waals surface area contributed by atoms with Crippen molar-refractivity contribution < 1.29 is 14.4 Å². The lowest BCUT2D eigenvalue weighted by molar-refractivity contribution is -0.386. The molecule has 0 spiro atoms. The molecule has 1 aromatic heterocycles. The summed E-state index contributed by atoms with van der Waals surface area (Å²) in [6.45, 7) is 2.05. The first-order chi connectivity index (χ1) is 18.2. The molecule has 196 valence electrons. The van der Waals surface area contributed by atoms with E-state index in [1.54, 1.807) is 18.2 Å². The molecule has 1 heterocycles. The van der Waals surface area contributed by atoms with Gasteiger partial charge in [-0.25, -0.2) is 4.98 Å². The van der Waals surface area contributed by atoms with Gasteiger partial charge in [-0.2, -0.15) is 9.78 Å². The third-order valence-electron chi connectivity index (χ3n) is 5.53. The summed E-state index contributed by atoms with van der Waals surface area (Å²) in [6, 6.07) is 13.7. The van der Waals surface area contributed by atoms with Crippen molar-refractivity contribution in [1.82, 2.24) is 9.66 Å². The van der Waals surface area contributed by atoms with Gasteiger partial charge >= 0.3 is 5.69 Å². The number of aryl methyl sites for hydroxylation is 1. The highest BCUT2D eigenvalue weighted by molar-refractivity contribution is 9.11. The van der Waals surface area contributed by atoms with E-state index in [-0.39, 0.29) is 29.4 Å². The third kappa shape index (κ3) is 6.13. The van der Waals surface area contributed by atoms with E-state index >= 15 is 0 Å². The Hall–Kier alpha value is -3.09. The van der Waals surface area contributed by atoms with Crippen LogP contribution in [0.25, 0.3) is 10.9 Å². The molecular weight excluding hydrogens is 688 g/mol. The van der Waals surface area contributed by atoms with Gasteiger partial charge < -0.3 is 9.47 Å². The van der Waals surface area contributed by atoms with Crippen LogP contribution in [0.3, 0.4) is 0 Å². The maximum atomic E-state index is 13.2. The van der Waals surface area contributed by atoms with Crippen LogP contribution in [0.1, 0.15) is 30.3 Å². The van der Waals surface area contributed by atoms with E-state index in [4.69, 9.17) is 9.47 Å². The van der Waals surface area contributed by atoms with Gasteiger partial charge in [0.15, 0.2) is 5.75 Å². The van der Waals surface area contributed by atoms with Crippen LogP contribution in [0.4, 0.5) is 5.69 Å². The second-order valence-corrected chi connectivity index (χ2v) is 10.8. The van der Waals surface area contributed by atoms with Crippen molar-refractivity contribution in [3.63, 3.8) is 0 Å². The first-order valence-electron chi connectivity index (χ1n) is 11.4. The van der Waals surface area contributed by atoms with Gasteiger partial charge in [-0.3, -0.25) is 14.9 Å². The summed E-state index contributed by atoms with van der Waals surface area (Å²) < 4.78 is 14.9. The minimum absolute atomic E-state index is 0.00877. The summed E-state index contributed by atoms with van der Waals surface area (Å²) in [7, 11) is 1.40. The number of rotatable bonds is 9. The minimum atomic E-state index is -0.546. The van der Waals surface area contributed by atoms with Crippen molar-refractivity contribution in [2.45, 2.75) is 26.4 Å². The fraction of sp³-hybridized carbons (Fsp3) is 0.192. The van der Waals surface area contributed by atoms with Gasteiger partial charge in [0.1, 0.15) is 12.4 Å². The van der Waals surface area contributed by atoms with Gasteiger partial charge in [0, 0.05) is 37.0 Å². The van der Waals surface area contributed by atoms with Crippen LogP contribution in [-0.4, -0.2) is 27.9 Å². The van der Waals surface area contributed by atoms with Gasteiger partial charge in [0.05, 0.1) is 29.2 Å². The average molecular weight is 709 g/mol. The molecule has 4 rings (SSSR count). The van der Waals surface area contributed by atoms with E-state index in [0.29, 0.717) is 28.7 Å². The van der Waals surface area contributed by atoms with Gasteiger partial charge in [-0.05, 0) is 42.8 Å². The number of fused-ring (bicyclic) bond motifs is 1. The number of nitrogens with zero attached hydrogens (tertiary/aromatic N) is 4. The highest BCUT2D eigenvalue weighted by Crippen LogP contribution is 2.39. The molecule has 12 heteroatoms. The van der Waals surface area contributed by atoms with Crippen LogP contribution >= 0.6 is 47.8 Å². The molecule has 0 saturated carbocycles. The second-order valence-electron chi connectivity index (χ2n) is 8.15. The first-order valence-corrected chi connectivity index (χ1v) is 13.8. The maximum Gasteiger partial charge on any atom is 0.315 e. The summed E-state index contributed by atoms with van der Waals surface area (Å²) in [5.41, 5.74) is 1.10. The number of hydrogen-bond donors (Lipinski definition) is 0. The number of hydrogen-bond acceptors (Lipinski definition) is 7. The molecule has 0 amide bonds. The third-order valence-corrected chi connectivity index (χ3v) is 7.26. The fourth-order valence-corrected chi connectivity index (χ4v) is 5.25. The monoisotopic (exact) mass is 706 g/mol. The van der Waals surface area contributed by atoms with Crippen molar-refractivity contribution in [2.75, 3.05) is 7.11 Å². The lowest BCUT2D eigenvalue weighted by Gasteiger charge is -2.13. The number of aromatic nitrogens is 2. The van der Waals surface area contributed by atoms with Gasteiger partial charge in [0.25, 0.3) is 5.56 Å². The number of ether oxygens (including phenoxy) is 2. The molecule has 0 radical (unpaired) electrons. The molecule has 38 heavy (non-hydrogen) atoms. The van der Waals surface area contributed by atoms with Crippen LogP contribution in [0, 0.1) is 10.1 Å². The Morgan fingerprint density at radius 3 is 2.53 bits per heavy atom. The van der Waals surface area contributed by atoms with E-state index in [1.165, 1.54) is 24.1 Å². The summed E-state index contributed by atoms with van der Waals surface area (Å²) in [5.74, 6) is 0.645. The molecular formula is C26H21Br3N4O5. The highest BCUT2D eigenvalue weighted by atomic mass is 79.9. The first kappa shape index (κ1) is 27.9. The molecule has 0 unspecified atom stereocenters. The minimum Gasteiger partial charge on any atom is -0.493 e. The topological polar surface area (TPSA) is 109 Å². The van der Waals surface area contributed by atoms with E-state index in [2.05, 4.69) is 57.9 Å². The fourth-order valence-electron chi connectivity index (χ4n) is 3.73. The average Bonchev–Trinajstić information content (AvgIpc) is 2.88. The summed E-state index contributed by atoms with van der Waals surface area (Å²) in [4.78, 5) is 29.3. The van der Waals surface area contributed by atoms with Crippen LogP contribution < -0.4 is 15.0 Å². The maximum absolute atomic E-state index is 13.2. The largest absolute Gasteiger partial charge is 0.493 e. The molecule has 0 aliphatic carbocycles. The molecule has 0 aliphatic rings. The number of nitro groups is 1. The Kier molecular flexibility index (Phi) is 8.95. The predicted octanol–water partition coefficient (Wildman–Crippen LogP) is 7.01. The lowest BCUT2D eigenvalue weighted by Crippen LogP contribution is -2.22. The van der Waals surface area contributed by atoms with E-state index in [9.17, 15) is 14.9 Å². The van der Waals surface area contributed by atoms with Crippen LogP contribution in [0.5, 0.6) is 11.5 Å². The Morgan fingerprint density at radius 1 is 1.11 bits per heavy atom. The Morgan fingerprint density at radius 2 is 1.84 bits per heavy atom. The quantitative estimate of drug-likeness (QED) is 0.105. The molecule has 3 aromatic carbocycles. The second kappa shape index (κ2) is 12.2. The van der Waals surface area contributed by atoms with Crippen LogP contribution in [0.15, 0.2) is 71.8 Å². The molecule has 0 fully saturated rings.